The molecule has 314 valence electrons. The fraction of sp³-hybridized carbons (Fsp3) is 0.707. The van der Waals surface area contributed by atoms with Crippen LogP contribution in [0.25, 0.3) is 0 Å². The molecule has 1 aliphatic carbocycles. The quantitative estimate of drug-likeness (QED) is 0.0542. The van der Waals surface area contributed by atoms with Crippen LogP contribution in [0.4, 0.5) is 0 Å². The Kier molecular flexibility index (Phi) is 17.1. The normalized spacial score (nSPS) is 27.5. The lowest BCUT2D eigenvalue weighted by molar-refractivity contribution is -0.127. The summed E-state index contributed by atoms with van der Waals surface area (Å²) >= 11 is 0. The zero-order chi connectivity index (χ0) is 40.7. The Balaban J connectivity index is 1.02. The fourth-order valence-corrected chi connectivity index (χ4v) is 8.90. The number of ether oxygens (including phenoxy) is 3. The summed E-state index contributed by atoms with van der Waals surface area (Å²) in [5.74, 6) is 0.179. The van der Waals surface area contributed by atoms with Crippen molar-refractivity contribution in [2.75, 3.05) is 19.8 Å². The fourth-order valence-electron chi connectivity index (χ4n) is 7.92. The van der Waals surface area contributed by atoms with E-state index >= 15 is 0 Å². The van der Waals surface area contributed by atoms with Crippen LogP contribution in [-0.2, 0) is 34.4 Å². The highest BCUT2D eigenvalue weighted by atomic mass is 31.2. The number of rotatable bonds is 28. The second-order valence-corrected chi connectivity index (χ2v) is 16.9. The van der Waals surface area contributed by atoms with Gasteiger partial charge >= 0.3 is 7.82 Å². The van der Waals surface area contributed by atoms with E-state index in [1.54, 1.807) is 30.3 Å². The summed E-state index contributed by atoms with van der Waals surface area (Å²) in [5.41, 5.74) is 3.37. The van der Waals surface area contributed by atoms with Crippen molar-refractivity contribution in [3.05, 3.63) is 47.2 Å². The van der Waals surface area contributed by atoms with Gasteiger partial charge in [-0.1, -0.05) is 128 Å². The number of nitrogens with zero attached hydrogens (tertiary/aromatic N) is 5. The summed E-state index contributed by atoms with van der Waals surface area (Å²) in [6.07, 6.45) is 18.1. The van der Waals surface area contributed by atoms with Crippen molar-refractivity contribution in [2.45, 2.75) is 164 Å². The van der Waals surface area contributed by atoms with Gasteiger partial charge in [0.15, 0.2) is 11.4 Å². The van der Waals surface area contributed by atoms with E-state index in [1.807, 2.05) is 6.07 Å². The first-order valence-corrected chi connectivity index (χ1v) is 22.3. The van der Waals surface area contributed by atoms with Crippen LogP contribution in [0, 0.1) is 22.7 Å². The van der Waals surface area contributed by atoms with Crippen LogP contribution in [0.1, 0.15) is 127 Å². The number of hydrogen-bond donors (Lipinski definition) is 4. The van der Waals surface area contributed by atoms with Gasteiger partial charge in [-0.2, -0.15) is 15.6 Å². The topological polar surface area (TPSA) is 225 Å². The Labute approximate surface area is 337 Å². The molecule has 3 aliphatic heterocycles. The molecule has 57 heavy (non-hydrogen) atoms. The molecule has 0 bridgehead atoms. The van der Waals surface area contributed by atoms with Gasteiger partial charge in [-0.25, -0.2) is 9.56 Å². The molecular formula is C41H61N6O9P. The minimum atomic E-state index is -4.86. The first-order chi connectivity index (χ1) is 27.6. The maximum atomic E-state index is 13.2. The molecule has 1 aromatic rings. The van der Waals surface area contributed by atoms with Crippen LogP contribution in [0.3, 0.4) is 0 Å². The van der Waals surface area contributed by atoms with Gasteiger partial charge < -0.3 is 35.1 Å². The van der Waals surface area contributed by atoms with E-state index in [9.17, 15) is 30.2 Å². The number of fused-ring (bicyclic) bond motifs is 2. The number of nitriles is 2. The number of hydrazone groups is 1. The maximum absolute atomic E-state index is 13.2. The minimum absolute atomic E-state index is 0.0355. The molecule has 1 saturated carbocycles. The first-order valence-electron chi connectivity index (χ1n) is 20.8. The van der Waals surface area contributed by atoms with Crippen LogP contribution < -0.4 is 5.73 Å². The van der Waals surface area contributed by atoms with Gasteiger partial charge in [0.2, 0.25) is 5.60 Å². The molecule has 0 radical (unpaired) electrons. The number of aliphatic hydroxyl groups excluding tert-OH is 1. The lowest BCUT2D eigenvalue weighted by Crippen LogP contribution is -2.59. The minimum Gasteiger partial charge on any atom is -0.386 e. The average Bonchev–Trinajstić information content (AvgIpc) is 3.45. The van der Waals surface area contributed by atoms with Crippen molar-refractivity contribution < 1.29 is 42.9 Å². The largest absolute Gasteiger partial charge is 0.472 e. The summed E-state index contributed by atoms with van der Waals surface area (Å²) in [6, 6.07) is 10.2. The molecule has 0 amide bonds. The molecule has 3 unspecified atom stereocenters. The summed E-state index contributed by atoms with van der Waals surface area (Å²) in [4.78, 5) is 14.6. The Morgan fingerprint density at radius 2 is 1.63 bits per heavy atom. The molecule has 0 aromatic heterocycles. The Bertz CT molecular complexity index is 1680. The molecule has 5 N–H and O–H groups in total. The smallest absolute Gasteiger partial charge is 0.386 e. The molecule has 2 fully saturated rings. The van der Waals surface area contributed by atoms with Crippen molar-refractivity contribution in [1.29, 1.82) is 10.5 Å². The molecule has 1 saturated heterocycles. The van der Waals surface area contributed by atoms with E-state index in [2.05, 4.69) is 23.1 Å². The number of nitrogens with two attached hydrogens (primary N) is 1. The highest BCUT2D eigenvalue weighted by molar-refractivity contribution is 7.47. The number of hydrogen-bond acceptors (Lipinski definition) is 14. The maximum Gasteiger partial charge on any atom is 0.472 e. The molecule has 3 heterocycles. The standard InChI is InChI=1S/C41H61N6O9P/c1-2-3-4-5-6-7-8-9-10-11-12-13-14-15-16-19-24-52-27-33(53-26-32-21-18-17-20-31(32)25-42)28-54-57(50,51)56-37-36-41(37,49)39(48)40(29-43,55-36)35-23-22-34-38(44)45-30-46-47(34)35/h17-18,20-22,30,33,35-37,39,48-49H,2-16,19,23-24,26-28H2,1H3,(H,50,51)(H2,44,45,46)/t33-,35?,36-,37?,39+,40+,41+/m1/s1. The lowest BCUT2D eigenvalue weighted by Gasteiger charge is -2.39. The third-order valence-electron chi connectivity index (χ3n) is 11.4. The van der Waals surface area contributed by atoms with Gasteiger partial charge in [-0.3, -0.25) is 14.1 Å². The van der Waals surface area contributed by atoms with E-state index < -0.39 is 56.1 Å². The number of amidine groups is 1. The lowest BCUT2D eigenvalue weighted by atomic mass is 9.85. The van der Waals surface area contributed by atoms with E-state index in [1.165, 1.54) is 94.8 Å². The van der Waals surface area contributed by atoms with E-state index in [0.717, 1.165) is 19.3 Å². The highest BCUT2D eigenvalue weighted by Crippen LogP contribution is 2.62. The second-order valence-electron chi connectivity index (χ2n) is 15.5. The van der Waals surface area contributed by atoms with Gasteiger partial charge in [0.1, 0.15) is 42.9 Å². The monoisotopic (exact) mass is 812 g/mol. The number of unbranched alkanes of at least 4 members (excludes halogenated alkanes) is 15. The third kappa shape index (κ3) is 11.5. The summed E-state index contributed by atoms with van der Waals surface area (Å²) in [7, 11) is -4.86. The SMILES string of the molecule is CCCCCCCCCCCCCCCCCCOC[C@H](COP(=O)(O)OC1[C@H]2O[C@@](C#N)(C3CC=C4C(N)=NC=NN43)[C@H](O)[C@@]12O)OCc1ccccc1C#N. The van der Waals surface area contributed by atoms with Crippen molar-refractivity contribution >= 4 is 20.0 Å². The zero-order valence-electron chi connectivity index (χ0n) is 33.3. The Morgan fingerprint density at radius 1 is 1.00 bits per heavy atom. The number of aliphatic imine (C=N–C) groups is 1. The second kappa shape index (κ2) is 21.7. The van der Waals surface area contributed by atoms with Crippen LogP contribution in [0.2, 0.25) is 0 Å². The molecule has 15 nitrogen and oxygen atoms in total. The highest BCUT2D eigenvalue weighted by Gasteiger charge is 2.84. The molecular weight excluding hydrogens is 751 g/mol. The summed E-state index contributed by atoms with van der Waals surface area (Å²) in [5, 5.41) is 47.9. The van der Waals surface area contributed by atoms with Gasteiger partial charge in [0.25, 0.3) is 0 Å². The molecule has 0 spiro atoms. The van der Waals surface area contributed by atoms with Crippen molar-refractivity contribution in [2.24, 2.45) is 15.8 Å². The number of aliphatic hydroxyl groups is 2. The van der Waals surface area contributed by atoms with Crippen LogP contribution in [0.15, 0.2) is 46.1 Å². The summed E-state index contributed by atoms with van der Waals surface area (Å²) < 4.78 is 41.6. The van der Waals surface area contributed by atoms with Crippen molar-refractivity contribution in [3.8, 4) is 12.1 Å². The van der Waals surface area contributed by atoms with Crippen molar-refractivity contribution in [3.63, 3.8) is 0 Å². The van der Waals surface area contributed by atoms with Crippen LogP contribution in [0.5, 0.6) is 0 Å². The molecule has 1 aromatic carbocycles. The van der Waals surface area contributed by atoms with E-state index in [4.69, 9.17) is 29.0 Å². The van der Waals surface area contributed by atoms with Gasteiger partial charge in [0.05, 0.1) is 37.2 Å². The number of phosphoric ester groups is 1. The van der Waals surface area contributed by atoms with Gasteiger partial charge in [0, 0.05) is 6.61 Å². The summed E-state index contributed by atoms with van der Waals surface area (Å²) in [6.45, 7) is 2.42. The predicted molar refractivity (Wildman–Crippen MR) is 213 cm³/mol. The van der Waals surface area contributed by atoms with Gasteiger partial charge in [-0.05, 0) is 24.5 Å². The van der Waals surface area contributed by atoms with Gasteiger partial charge in [-0.15, -0.1) is 0 Å². The molecule has 8 atom stereocenters. The van der Waals surface area contributed by atoms with Crippen molar-refractivity contribution in [1.82, 2.24) is 5.01 Å². The van der Waals surface area contributed by atoms with Crippen LogP contribution in [-0.4, -0.2) is 93.8 Å². The Morgan fingerprint density at radius 3 is 2.23 bits per heavy atom. The average molecular weight is 813 g/mol. The van der Waals surface area contributed by atoms with E-state index in [-0.39, 0.29) is 25.5 Å². The molecule has 4 aliphatic rings. The third-order valence-corrected chi connectivity index (χ3v) is 12.3. The Hall–Kier alpha value is -3.21. The predicted octanol–water partition coefficient (Wildman–Crippen LogP) is 6.26. The van der Waals surface area contributed by atoms with Crippen LogP contribution >= 0.6 is 7.82 Å². The number of benzene rings is 1. The molecule has 5 rings (SSSR count). The molecule has 16 heteroatoms. The number of phosphoric acid groups is 1. The van der Waals surface area contributed by atoms with E-state index in [0.29, 0.717) is 23.4 Å². The zero-order valence-corrected chi connectivity index (χ0v) is 34.1. The first kappa shape index (κ1) is 44.9.